The maximum absolute atomic E-state index is 12.3. The van der Waals surface area contributed by atoms with E-state index in [4.69, 9.17) is 4.74 Å². The van der Waals surface area contributed by atoms with Gasteiger partial charge in [0.25, 0.3) is 5.50 Å². The Morgan fingerprint density at radius 3 is 2.67 bits per heavy atom. The molecule has 126 valence electrons. The molecule has 2 aromatic rings. The summed E-state index contributed by atoms with van der Waals surface area (Å²) in [5.74, 6) is 2.05. The number of nitrogens with zero attached hydrogens (tertiary/aromatic N) is 2. The average molecular weight is 343 g/mol. The standard InChI is InChI=1S/C19H23N2O2S/c1-14(2)12-21-18(22)13-24-19(21)20-11-5-4-6-17(20)15-7-9-16(23-3)10-8-15/h4-11,14,19H,12-13H2,1-3H3/q+1. The first-order chi connectivity index (χ1) is 11.6. The number of thioether (sulfide) groups is 1. The van der Waals surface area contributed by atoms with Gasteiger partial charge in [-0.1, -0.05) is 25.6 Å². The highest BCUT2D eigenvalue weighted by atomic mass is 32.2. The van der Waals surface area contributed by atoms with E-state index < -0.39 is 0 Å². The Kier molecular flexibility index (Phi) is 5.09. The molecule has 0 radical (unpaired) electrons. The van der Waals surface area contributed by atoms with E-state index in [1.165, 1.54) is 0 Å². The third-order valence-electron chi connectivity index (χ3n) is 4.02. The van der Waals surface area contributed by atoms with Crippen LogP contribution in [0, 0.1) is 5.92 Å². The Bertz CT molecular complexity index is 716. The van der Waals surface area contributed by atoms with Crippen LogP contribution in [0.15, 0.2) is 48.7 Å². The summed E-state index contributed by atoms with van der Waals surface area (Å²) in [6, 6.07) is 14.2. The highest BCUT2D eigenvalue weighted by Crippen LogP contribution is 2.32. The number of methoxy groups -OCH3 is 1. The lowest BCUT2D eigenvalue weighted by Gasteiger charge is -2.22. The first-order valence-electron chi connectivity index (χ1n) is 8.16. The highest BCUT2D eigenvalue weighted by molar-refractivity contribution is 8.00. The van der Waals surface area contributed by atoms with Crippen LogP contribution >= 0.6 is 11.8 Å². The van der Waals surface area contributed by atoms with Crippen molar-refractivity contribution in [3.63, 3.8) is 0 Å². The molecule has 1 amide bonds. The van der Waals surface area contributed by atoms with Crippen LogP contribution in [-0.2, 0) is 4.79 Å². The van der Waals surface area contributed by atoms with Gasteiger partial charge in [-0.05, 0) is 36.2 Å². The second-order valence-electron chi connectivity index (χ2n) is 6.30. The summed E-state index contributed by atoms with van der Waals surface area (Å²) in [6.07, 6.45) is 2.06. The quantitative estimate of drug-likeness (QED) is 0.781. The fraction of sp³-hybridized carbons (Fsp3) is 0.368. The van der Waals surface area contributed by atoms with E-state index in [1.807, 2.05) is 29.2 Å². The lowest BCUT2D eigenvalue weighted by molar-refractivity contribution is -0.705. The molecule has 3 rings (SSSR count). The van der Waals surface area contributed by atoms with Crippen LogP contribution in [0.4, 0.5) is 0 Å². The maximum Gasteiger partial charge on any atom is 0.285 e. The Labute approximate surface area is 147 Å². The normalized spacial score (nSPS) is 17.6. The number of aromatic nitrogens is 1. The summed E-state index contributed by atoms with van der Waals surface area (Å²) in [5, 5.41) is 0. The number of hydrogen-bond acceptors (Lipinski definition) is 3. The summed E-state index contributed by atoms with van der Waals surface area (Å²) in [5.41, 5.74) is 2.22. The third-order valence-corrected chi connectivity index (χ3v) is 5.21. The molecule has 0 bridgehead atoms. The second kappa shape index (κ2) is 7.26. The molecule has 4 nitrogen and oxygen atoms in total. The van der Waals surface area contributed by atoms with Gasteiger partial charge in [-0.25, -0.2) is 0 Å². The molecule has 0 saturated carbocycles. The number of ether oxygens (including phenoxy) is 1. The van der Waals surface area contributed by atoms with Gasteiger partial charge in [-0.3, -0.25) is 9.69 Å². The van der Waals surface area contributed by atoms with Gasteiger partial charge in [0.1, 0.15) is 5.75 Å². The van der Waals surface area contributed by atoms with Crippen molar-refractivity contribution in [1.29, 1.82) is 0 Å². The van der Waals surface area contributed by atoms with E-state index in [0.29, 0.717) is 11.7 Å². The summed E-state index contributed by atoms with van der Waals surface area (Å²) in [4.78, 5) is 14.3. The minimum absolute atomic E-state index is 0.0122. The van der Waals surface area contributed by atoms with Crippen LogP contribution in [0.1, 0.15) is 19.3 Å². The van der Waals surface area contributed by atoms with Crippen LogP contribution < -0.4 is 9.30 Å². The van der Waals surface area contributed by atoms with Crippen molar-refractivity contribution in [3.8, 4) is 17.0 Å². The van der Waals surface area contributed by atoms with Crippen molar-refractivity contribution in [3.05, 3.63) is 48.7 Å². The lowest BCUT2D eigenvalue weighted by Crippen LogP contribution is -2.48. The number of benzene rings is 1. The van der Waals surface area contributed by atoms with E-state index in [2.05, 4.69) is 42.8 Å². The van der Waals surface area contributed by atoms with Gasteiger partial charge in [0.05, 0.1) is 12.9 Å². The Balaban J connectivity index is 1.97. The fourth-order valence-electron chi connectivity index (χ4n) is 2.91. The molecular formula is C19H23N2O2S+. The van der Waals surface area contributed by atoms with Gasteiger partial charge >= 0.3 is 0 Å². The van der Waals surface area contributed by atoms with E-state index in [0.717, 1.165) is 23.6 Å². The third kappa shape index (κ3) is 3.41. The molecule has 1 fully saturated rings. The first kappa shape index (κ1) is 16.8. The molecule has 0 N–H and O–H groups in total. The van der Waals surface area contributed by atoms with E-state index in [-0.39, 0.29) is 11.4 Å². The molecule has 1 aromatic carbocycles. The van der Waals surface area contributed by atoms with Crippen molar-refractivity contribution in [1.82, 2.24) is 4.90 Å². The monoisotopic (exact) mass is 343 g/mol. The second-order valence-corrected chi connectivity index (χ2v) is 7.34. The van der Waals surface area contributed by atoms with E-state index >= 15 is 0 Å². The molecule has 1 saturated heterocycles. The van der Waals surface area contributed by atoms with Gasteiger partial charge in [0.2, 0.25) is 11.6 Å². The highest BCUT2D eigenvalue weighted by Gasteiger charge is 2.39. The van der Waals surface area contributed by atoms with E-state index in [9.17, 15) is 4.79 Å². The molecular weight excluding hydrogens is 320 g/mol. The smallest absolute Gasteiger partial charge is 0.285 e. The fourth-order valence-corrected chi connectivity index (χ4v) is 4.10. The number of hydrogen-bond donors (Lipinski definition) is 0. The maximum atomic E-state index is 12.3. The van der Waals surface area contributed by atoms with Gasteiger partial charge in [0.15, 0.2) is 6.20 Å². The largest absolute Gasteiger partial charge is 0.497 e. The van der Waals surface area contributed by atoms with Gasteiger partial charge in [-0.15, -0.1) is 0 Å². The van der Waals surface area contributed by atoms with Gasteiger partial charge < -0.3 is 4.74 Å². The van der Waals surface area contributed by atoms with Crippen LogP contribution in [0.3, 0.4) is 0 Å². The number of rotatable bonds is 5. The molecule has 1 aromatic heterocycles. The number of carbonyl (C=O) groups is 1. The molecule has 24 heavy (non-hydrogen) atoms. The number of carbonyl (C=O) groups excluding carboxylic acids is 1. The summed E-state index contributed by atoms with van der Waals surface area (Å²) in [6.45, 7) is 5.07. The van der Waals surface area contributed by atoms with Gasteiger partial charge in [0, 0.05) is 24.2 Å². The zero-order chi connectivity index (χ0) is 17.1. The van der Waals surface area contributed by atoms with Crippen LogP contribution in [0.2, 0.25) is 0 Å². The number of pyridine rings is 1. The first-order valence-corrected chi connectivity index (χ1v) is 9.20. The zero-order valence-corrected chi connectivity index (χ0v) is 15.1. The number of amides is 1. The molecule has 1 unspecified atom stereocenters. The Morgan fingerprint density at radius 2 is 2.00 bits per heavy atom. The van der Waals surface area contributed by atoms with Crippen molar-refractivity contribution < 1.29 is 14.1 Å². The van der Waals surface area contributed by atoms with E-state index in [1.54, 1.807) is 18.9 Å². The minimum Gasteiger partial charge on any atom is -0.497 e. The molecule has 0 aliphatic carbocycles. The topological polar surface area (TPSA) is 33.4 Å². The molecule has 0 spiro atoms. The van der Waals surface area contributed by atoms with Crippen molar-refractivity contribution >= 4 is 17.7 Å². The summed E-state index contributed by atoms with van der Waals surface area (Å²) < 4.78 is 7.44. The molecule has 2 heterocycles. The van der Waals surface area contributed by atoms with Crippen LogP contribution in [0.5, 0.6) is 5.75 Å². The summed E-state index contributed by atoms with van der Waals surface area (Å²) >= 11 is 1.68. The Morgan fingerprint density at radius 1 is 1.25 bits per heavy atom. The van der Waals surface area contributed by atoms with Crippen molar-refractivity contribution in [2.75, 3.05) is 19.4 Å². The summed E-state index contributed by atoms with van der Waals surface area (Å²) in [7, 11) is 1.67. The van der Waals surface area contributed by atoms with Crippen molar-refractivity contribution in [2.45, 2.75) is 19.3 Å². The van der Waals surface area contributed by atoms with Crippen LogP contribution in [-0.4, -0.2) is 30.2 Å². The van der Waals surface area contributed by atoms with Gasteiger partial charge in [-0.2, -0.15) is 4.57 Å². The SMILES string of the molecule is COc1ccc(-c2cccc[n+]2C2SCC(=O)N2CC(C)C)cc1. The minimum atomic E-state index is 0.0122. The predicted octanol–water partition coefficient (Wildman–Crippen LogP) is 3.34. The molecule has 1 atom stereocenters. The lowest BCUT2D eigenvalue weighted by atomic mass is 10.1. The van der Waals surface area contributed by atoms with Crippen molar-refractivity contribution in [2.24, 2.45) is 5.92 Å². The molecule has 1 aliphatic heterocycles. The average Bonchev–Trinajstić information content (AvgIpc) is 2.95. The predicted molar refractivity (Wildman–Crippen MR) is 96.7 cm³/mol. The van der Waals surface area contributed by atoms with Crippen LogP contribution in [0.25, 0.3) is 11.3 Å². The Hall–Kier alpha value is -2.01. The molecule has 1 aliphatic rings. The zero-order valence-electron chi connectivity index (χ0n) is 14.3. The molecule has 5 heteroatoms.